The van der Waals surface area contributed by atoms with E-state index in [1.807, 2.05) is 0 Å². The molecule has 1 nitrogen and oxygen atoms in total. The molecule has 0 aromatic rings. The third-order valence-electron chi connectivity index (χ3n) is 4.80. The molecule has 3 rings (SSSR count). The first-order valence-corrected chi connectivity index (χ1v) is 4.84. The molecule has 5 atom stereocenters. The first-order chi connectivity index (χ1) is 5.17. The summed E-state index contributed by atoms with van der Waals surface area (Å²) in [5, 5.41) is 4.12. The highest BCUT2D eigenvalue weighted by atomic mass is 15.1. The Morgan fingerprint density at radius 1 is 1.73 bits per heavy atom. The Hall–Kier alpha value is 0.0249. The molecular formula is C9H16BN. The molecule has 0 heterocycles. The lowest BCUT2D eigenvalue weighted by atomic mass is 9.70. The average molecular weight is 149 g/mol. The summed E-state index contributed by atoms with van der Waals surface area (Å²) >= 11 is 0. The second-order valence-corrected chi connectivity index (χ2v) is 5.14. The minimum absolute atomic E-state index is 0.725. The fourth-order valence-electron chi connectivity index (χ4n) is 3.80. The van der Waals surface area contributed by atoms with Gasteiger partial charge in [-0.2, -0.15) is 0 Å². The van der Waals surface area contributed by atoms with Crippen LogP contribution in [0, 0.1) is 17.3 Å². The summed E-state index contributed by atoms with van der Waals surface area (Å²) in [4.78, 5) is 0. The minimum Gasteiger partial charge on any atom is -0.317 e. The molecule has 3 aliphatic carbocycles. The molecule has 0 aromatic carbocycles. The van der Waals surface area contributed by atoms with E-state index < -0.39 is 0 Å². The first kappa shape index (κ1) is 6.53. The lowest BCUT2D eigenvalue weighted by Gasteiger charge is -2.20. The number of nitrogens with one attached hydrogen (secondary N) is 1. The van der Waals surface area contributed by atoms with Crippen LogP contribution in [0.5, 0.6) is 0 Å². The van der Waals surface area contributed by atoms with Gasteiger partial charge in [-0.1, -0.05) is 0 Å². The SMILES string of the molecule is B[C@@]1(C[C@H](C)NC)C2C3CC321. The van der Waals surface area contributed by atoms with Gasteiger partial charge in [-0.15, -0.1) is 0 Å². The Morgan fingerprint density at radius 2 is 2.36 bits per heavy atom. The van der Waals surface area contributed by atoms with Gasteiger partial charge in [0.15, 0.2) is 0 Å². The van der Waals surface area contributed by atoms with Crippen LogP contribution in [0.15, 0.2) is 0 Å². The van der Waals surface area contributed by atoms with Gasteiger partial charge < -0.3 is 5.32 Å². The average Bonchev–Trinajstić information content (AvgIpc) is 2.74. The standard InChI is InChI=1S/C9H16BN/c1-5(11-2)3-9(10)7-6-4-8(6,7)9/h5-7,11H,3-4,10H2,1-2H3/t5-,6?,7?,8?,9-/m0/s1. The van der Waals surface area contributed by atoms with Crippen molar-refractivity contribution in [2.24, 2.45) is 17.3 Å². The molecule has 3 fully saturated rings. The normalized spacial score (nSPS) is 64.5. The third-order valence-corrected chi connectivity index (χ3v) is 4.80. The maximum Gasteiger partial charge on any atom is 0.110 e. The van der Waals surface area contributed by atoms with Gasteiger partial charge in [0.25, 0.3) is 0 Å². The second-order valence-electron chi connectivity index (χ2n) is 5.14. The number of hydrogen-bond acceptors (Lipinski definition) is 1. The summed E-state index contributed by atoms with van der Waals surface area (Å²) in [5.74, 6) is 2.38. The van der Waals surface area contributed by atoms with E-state index in [0.717, 1.165) is 16.8 Å². The smallest absolute Gasteiger partial charge is 0.110 e. The quantitative estimate of drug-likeness (QED) is 0.573. The van der Waals surface area contributed by atoms with Gasteiger partial charge in [0, 0.05) is 6.04 Å². The van der Waals surface area contributed by atoms with Crippen LogP contribution >= 0.6 is 0 Å². The van der Waals surface area contributed by atoms with Crippen molar-refractivity contribution in [3.63, 3.8) is 0 Å². The van der Waals surface area contributed by atoms with E-state index in [2.05, 4.69) is 27.1 Å². The molecule has 1 N–H and O–H groups in total. The van der Waals surface area contributed by atoms with Gasteiger partial charge in [-0.25, -0.2) is 0 Å². The van der Waals surface area contributed by atoms with Gasteiger partial charge in [0.1, 0.15) is 7.85 Å². The lowest BCUT2D eigenvalue weighted by Crippen LogP contribution is -2.25. The zero-order valence-corrected chi connectivity index (χ0v) is 7.65. The van der Waals surface area contributed by atoms with Gasteiger partial charge >= 0.3 is 0 Å². The number of rotatable bonds is 3. The molecule has 0 saturated heterocycles. The van der Waals surface area contributed by atoms with Crippen molar-refractivity contribution in [3.05, 3.63) is 0 Å². The summed E-state index contributed by atoms with van der Waals surface area (Å²) in [6.07, 6.45) is 2.98. The molecule has 0 amide bonds. The van der Waals surface area contributed by atoms with Gasteiger partial charge in [0.05, 0.1) is 0 Å². The van der Waals surface area contributed by atoms with Crippen molar-refractivity contribution in [2.45, 2.75) is 31.1 Å². The summed E-state index contributed by atoms with van der Waals surface area (Å²) in [6.45, 7) is 2.30. The molecule has 1 spiro atoms. The van der Waals surface area contributed by atoms with Crippen LogP contribution in [0.4, 0.5) is 0 Å². The molecule has 0 aliphatic heterocycles. The monoisotopic (exact) mass is 149 g/mol. The van der Waals surface area contributed by atoms with Crippen molar-refractivity contribution in [3.8, 4) is 0 Å². The first-order valence-electron chi connectivity index (χ1n) is 4.84. The largest absolute Gasteiger partial charge is 0.317 e. The fraction of sp³-hybridized carbons (Fsp3) is 1.00. The Kier molecular flexibility index (Phi) is 0.840. The van der Waals surface area contributed by atoms with E-state index >= 15 is 0 Å². The molecule has 3 aliphatic rings. The lowest BCUT2D eigenvalue weighted by molar-refractivity contribution is 0.474. The van der Waals surface area contributed by atoms with Crippen LogP contribution in [-0.4, -0.2) is 20.9 Å². The molecule has 0 bridgehead atoms. The van der Waals surface area contributed by atoms with Crippen LogP contribution in [0.25, 0.3) is 0 Å². The van der Waals surface area contributed by atoms with E-state index in [1.54, 1.807) is 6.42 Å². The highest BCUT2D eigenvalue weighted by Gasteiger charge is 3.02. The summed E-state index contributed by atoms with van der Waals surface area (Å²) < 4.78 is 0. The van der Waals surface area contributed by atoms with E-state index in [9.17, 15) is 0 Å². The molecule has 2 heteroatoms. The molecular weight excluding hydrogens is 133 g/mol. The van der Waals surface area contributed by atoms with Crippen molar-refractivity contribution >= 4 is 7.85 Å². The van der Waals surface area contributed by atoms with Crippen molar-refractivity contribution in [1.82, 2.24) is 5.32 Å². The summed E-state index contributed by atoms with van der Waals surface area (Å²) in [7, 11) is 4.57. The van der Waals surface area contributed by atoms with Crippen LogP contribution < -0.4 is 5.32 Å². The molecule has 0 radical (unpaired) electrons. The third kappa shape index (κ3) is 0.471. The molecule has 3 saturated carbocycles. The van der Waals surface area contributed by atoms with E-state index in [1.165, 1.54) is 18.3 Å². The van der Waals surface area contributed by atoms with Crippen LogP contribution in [0.3, 0.4) is 0 Å². The minimum atomic E-state index is 0.725. The van der Waals surface area contributed by atoms with E-state index in [4.69, 9.17) is 0 Å². The van der Waals surface area contributed by atoms with Crippen molar-refractivity contribution in [2.75, 3.05) is 7.05 Å². The molecule has 60 valence electrons. The van der Waals surface area contributed by atoms with Crippen molar-refractivity contribution < 1.29 is 0 Å². The highest BCUT2D eigenvalue weighted by molar-refractivity contribution is 6.22. The van der Waals surface area contributed by atoms with Gasteiger partial charge in [-0.3, -0.25) is 0 Å². The van der Waals surface area contributed by atoms with Crippen LogP contribution in [-0.2, 0) is 0 Å². The topological polar surface area (TPSA) is 12.0 Å². The Morgan fingerprint density at radius 3 is 2.73 bits per heavy atom. The Balaban J connectivity index is 1.65. The Labute approximate surface area is 69.3 Å². The highest BCUT2D eigenvalue weighted by Crippen LogP contribution is 3.10. The summed E-state index contributed by atoms with van der Waals surface area (Å²) in [6, 6.07) is 0.725. The summed E-state index contributed by atoms with van der Waals surface area (Å²) in [5.41, 5.74) is 0.929. The zero-order chi connectivity index (χ0) is 7.85. The second kappa shape index (κ2) is 1.41. The maximum atomic E-state index is 3.34. The maximum absolute atomic E-state index is 3.34. The van der Waals surface area contributed by atoms with Gasteiger partial charge in [0.2, 0.25) is 0 Å². The van der Waals surface area contributed by atoms with Gasteiger partial charge in [-0.05, 0) is 49.4 Å². The predicted octanol–water partition coefficient (Wildman–Crippen LogP) is 0.426. The van der Waals surface area contributed by atoms with Crippen molar-refractivity contribution in [1.29, 1.82) is 0 Å². The molecule has 3 unspecified atom stereocenters. The van der Waals surface area contributed by atoms with Crippen LogP contribution in [0.2, 0.25) is 5.31 Å². The molecule has 11 heavy (non-hydrogen) atoms. The number of fused-ring (bicyclic) bond motifs is 1. The predicted molar refractivity (Wildman–Crippen MR) is 48.4 cm³/mol. The fourth-order valence-corrected chi connectivity index (χ4v) is 3.80. The zero-order valence-electron chi connectivity index (χ0n) is 7.65. The van der Waals surface area contributed by atoms with Crippen LogP contribution in [0.1, 0.15) is 19.8 Å². The van der Waals surface area contributed by atoms with E-state index in [0.29, 0.717) is 0 Å². The Bertz CT molecular complexity index is 230. The number of hydrogen-bond donors (Lipinski definition) is 1. The van der Waals surface area contributed by atoms with E-state index in [-0.39, 0.29) is 0 Å². The molecule has 0 aromatic heterocycles.